The Bertz CT molecular complexity index is 390. The van der Waals surface area contributed by atoms with Gasteiger partial charge in [-0.2, -0.15) is 0 Å². The van der Waals surface area contributed by atoms with Crippen molar-refractivity contribution in [2.75, 3.05) is 0 Å². The zero-order valence-electron chi connectivity index (χ0n) is 13.2. The van der Waals surface area contributed by atoms with Crippen molar-refractivity contribution in [1.82, 2.24) is 10.2 Å². The SMILES string of the molecule is CCC1C(=O)NC(CC)(CC)C(=O)N1C1CCC(C)C1. The molecule has 4 heteroatoms. The molecule has 1 saturated heterocycles. The zero-order chi connectivity index (χ0) is 14.9. The van der Waals surface area contributed by atoms with Gasteiger partial charge >= 0.3 is 0 Å². The van der Waals surface area contributed by atoms with Crippen molar-refractivity contribution in [2.45, 2.75) is 83.8 Å². The molecule has 1 heterocycles. The average Bonchev–Trinajstić information content (AvgIpc) is 2.86. The maximum absolute atomic E-state index is 13.0. The summed E-state index contributed by atoms with van der Waals surface area (Å²) in [6, 6.07) is -0.0185. The molecule has 0 spiro atoms. The Balaban J connectivity index is 2.32. The highest BCUT2D eigenvalue weighted by Crippen LogP contribution is 2.35. The average molecular weight is 280 g/mol. The summed E-state index contributed by atoms with van der Waals surface area (Å²) in [5, 5.41) is 3.01. The van der Waals surface area contributed by atoms with Crippen molar-refractivity contribution in [2.24, 2.45) is 5.92 Å². The molecule has 3 atom stereocenters. The lowest BCUT2D eigenvalue weighted by Crippen LogP contribution is -2.71. The van der Waals surface area contributed by atoms with Crippen molar-refractivity contribution >= 4 is 11.8 Å². The first-order valence-electron chi connectivity index (χ1n) is 8.13. The van der Waals surface area contributed by atoms with Crippen LogP contribution >= 0.6 is 0 Å². The van der Waals surface area contributed by atoms with Gasteiger partial charge in [-0.1, -0.05) is 27.7 Å². The van der Waals surface area contributed by atoms with E-state index in [1.54, 1.807) is 0 Å². The molecule has 2 fully saturated rings. The second kappa shape index (κ2) is 5.74. The van der Waals surface area contributed by atoms with Gasteiger partial charge < -0.3 is 10.2 Å². The van der Waals surface area contributed by atoms with Gasteiger partial charge in [-0.3, -0.25) is 9.59 Å². The molecule has 3 unspecified atom stereocenters. The molecule has 0 aromatic carbocycles. The number of nitrogens with zero attached hydrogens (tertiary/aromatic N) is 1. The molecule has 1 saturated carbocycles. The molecule has 1 N–H and O–H groups in total. The van der Waals surface area contributed by atoms with Crippen LogP contribution in [0.25, 0.3) is 0 Å². The second-order valence-electron chi connectivity index (χ2n) is 6.49. The van der Waals surface area contributed by atoms with Gasteiger partial charge in [-0.05, 0) is 44.4 Å². The molecule has 2 amide bonds. The Labute approximate surface area is 122 Å². The van der Waals surface area contributed by atoms with Gasteiger partial charge in [0.1, 0.15) is 11.6 Å². The molecule has 0 radical (unpaired) electrons. The van der Waals surface area contributed by atoms with E-state index in [0.717, 1.165) is 19.3 Å². The predicted molar refractivity (Wildman–Crippen MR) is 79.2 cm³/mol. The lowest BCUT2D eigenvalue weighted by molar-refractivity contribution is -0.158. The third-order valence-electron chi connectivity index (χ3n) is 5.30. The van der Waals surface area contributed by atoms with Crippen LogP contribution in [0.3, 0.4) is 0 Å². The largest absolute Gasteiger partial charge is 0.340 e. The summed E-state index contributed by atoms with van der Waals surface area (Å²) in [4.78, 5) is 27.4. The molecule has 1 aliphatic carbocycles. The third kappa shape index (κ3) is 2.33. The molecule has 4 nitrogen and oxygen atoms in total. The highest BCUT2D eigenvalue weighted by atomic mass is 16.2. The van der Waals surface area contributed by atoms with E-state index < -0.39 is 5.54 Å². The number of rotatable bonds is 4. The molecule has 2 aliphatic rings. The summed E-state index contributed by atoms with van der Waals surface area (Å²) in [6.45, 7) is 8.21. The van der Waals surface area contributed by atoms with Gasteiger partial charge in [0, 0.05) is 6.04 Å². The van der Waals surface area contributed by atoms with E-state index in [1.807, 2.05) is 25.7 Å². The van der Waals surface area contributed by atoms with Gasteiger partial charge in [0.2, 0.25) is 11.8 Å². The molecule has 1 aliphatic heterocycles. The number of hydrogen-bond acceptors (Lipinski definition) is 2. The van der Waals surface area contributed by atoms with Crippen LogP contribution in [-0.2, 0) is 9.59 Å². The first kappa shape index (κ1) is 15.3. The number of nitrogens with one attached hydrogen (secondary N) is 1. The summed E-state index contributed by atoms with van der Waals surface area (Å²) in [5.74, 6) is 0.844. The second-order valence-corrected chi connectivity index (χ2v) is 6.49. The fraction of sp³-hybridized carbons (Fsp3) is 0.875. The Morgan fingerprint density at radius 2 is 1.85 bits per heavy atom. The minimum atomic E-state index is -0.672. The Hall–Kier alpha value is -1.06. The fourth-order valence-electron chi connectivity index (χ4n) is 3.85. The number of amides is 2. The Morgan fingerprint density at radius 3 is 2.30 bits per heavy atom. The Kier molecular flexibility index (Phi) is 4.40. The summed E-state index contributed by atoms with van der Waals surface area (Å²) >= 11 is 0. The van der Waals surface area contributed by atoms with E-state index in [4.69, 9.17) is 0 Å². The van der Waals surface area contributed by atoms with Crippen molar-refractivity contribution in [3.05, 3.63) is 0 Å². The summed E-state index contributed by atoms with van der Waals surface area (Å²) in [7, 11) is 0. The minimum absolute atomic E-state index is 0.0374. The first-order chi connectivity index (χ1) is 9.49. The summed E-state index contributed by atoms with van der Waals surface area (Å²) in [5.41, 5.74) is -0.672. The van der Waals surface area contributed by atoms with Gasteiger partial charge in [-0.25, -0.2) is 0 Å². The normalized spacial score (nSPS) is 33.4. The van der Waals surface area contributed by atoms with Crippen LogP contribution in [0.4, 0.5) is 0 Å². The first-order valence-corrected chi connectivity index (χ1v) is 8.13. The minimum Gasteiger partial charge on any atom is -0.340 e. The number of hydrogen-bond donors (Lipinski definition) is 1. The lowest BCUT2D eigenvalue weighted by Gasteiger charge is -2.48. The highest BCUT2D eigenvalue weighted by molar-refractivity contribution is 6.00. The number of carbonyl (C=O) groups is 2. The van der Waals surface area contributed by atoms with E-state index >= 15 is 0 Å². The van der Waals surface area contributed by atoms with Crippen molar-refractivity contribution in [1.29, 1.82) is 0 Å². The van der Waals surface area contributed by atoms with Crippen LogP contribution in [0, 0.1) is 5.92 Å². The van der Waals surface area contributed by atoms with Crippen molar-refractivity contribution in [3.63, 3.8) is 0 Å². The molecule has 2 rings (SSSR count). The van der Waals surface area contributed by atoms with Crippen LogP contribution in [0.2, 0.25) is 0 Å². The van der Waals surface area contributed by atoms with Crippen molar-refractivity contribution in [3.8, 4) is 0 Å². The quantitative estimate of drug-likeness (QED) is 0.860. The molecule has 0 bridgehead atoms. The van der Waals surface area contributed by atoms with Crippen LogP contribution in [-0.4, -0.2) is 34.3 Å². The van der Waals surface area contributed by atoms with Gasteiger partial charge in [0.05, 0.1) is 0 Å². The van der Waals surface area contributed by atoms with E-state index in [1.165, 1.54) is 0 Å². The van der Waals surface area contributed by atoms with Crippen LogP contribution in [0.5, 0.6) is 0 Å². The molecule has 114 valence electrons. The molecular formula is C16H28N2O2. The highest BCUT2D eigenvalue weighted by Gasteiger charge is 2.50. The number of carbonyl (C=O) groups excluding carboxylic acids is 2. The van der Waals surface area contributed by atoms with E-state index in [9.17, 15) is 9.59 Å². The standard InChI is InChI=1S/C16H28N2O2/c1-5-13-14(19)17-16(6-2,7-3)15(20)18(13)12-9-8-11(4)10-12/h11-13H,5-10H2,1-4H3,(H,17,19). The molecule has 20 heavy (non-hydrogen) atoms. The van der Waals surface area contributed by atoms with Crippen molar-refractivity contribution < 1.29 is 9.59 Å². The third-order valence-corrected chi connectivity index (χ3v) is 5.30. The number of piperazine rings is 1. The van der Waals surface area contributed by atoms with Crippen LogP contribution in [0.15, 0.2) is 0 Å². The summed E-state index contributed by atoms with van der Waals surface area (Å²) < 4.78 is 0. The maximum atomic E-state index is 13.0. The van der Waals surface area contributed by atoms with Gasteiger partial charge in [0.15, 0.2) is 0 Å². The molecule has 0 aromatic heterocycles. The molecule has 0 aromatic rings. The van der Waals surface area contributed by atoms with Gasteiger partial charge in [-0.15, -0.1) is 0 Å². The zero-order valence-corrected chi connectivity index (χ0v) is 13.2. The smallest absolute Gasteiger partial charge is 0.249 e. The summed E-state index contributed by atoms with van der Waals surface area (Å²) in [6.07, 6.45) is 5.29. The fourth-order valence-corrected chi connectivity index (χ4v) is 3.85. The topological polar surface area (TPSA) is 49.4 Å². The van der Waals surface area contributed by atoms with E-state index in [0.29, 0.717) is 25.2 Å². The van der Waals surface area contributed by atoms with E-state index in [2.05, 4.69) is 12.2 Å². The van der Waals surface area contributed by atoms with Gasteiger partial charge in [0.25, 0.3) is 0 Å². The van der Waals surface area contributed by atoms with Crippen LogP contribution in [0.1, 0.15) is 66.2 Å². The maximum Gasteiger partial charge on any atom is 0.249 e. The van der Waals surface area contributed by atoms with E-state index in [-0.39, 0.29) is 23.9 Å². The predicted octanol–water partition coefficient (Wildman–Crippen LogP) is 2.47. The van der Waals surface area contributed by atoms with Crippen LogP contribution < -0.4 is 5.32 Å². The Morgan fingerprint density at radius 1 is 1.20 bits per heavy atom. The lowest BCUT2D eigenvalue weighted by atomic mass is 9.85. The monoisotopic (exact) mass is 280 g/mol. The molecular weight excluding hydrogens is 252 g/mol.